The van der Waals surface area contributed by atoms with E-state index in [-0.39, 0.29) is 29.0 Å². The molecule has 3 aliphatic rings. The molecule has 38 heavy (non-hydrogen) atoms. The van der Waals surface area contributed by atoms with E-state index >= 15 is 0 Å². The molecule has 7 nitrogen and oxygen atoms in total. The van der Waals surface area contributed by atoms with Crippen LogP contribution in [0.4, 0.5) is 5.69 Å². The molecule has 3 heterocycles. The summed E-state index contributed by atoms with van der Waals surface area (Å²) in [5, 5.41) is 10.0. The van der Waals surface area contributed by atoms with Crippen LogP contribution in [0.25, 0.3) is 0 Å². The summed E-state index contributed by atoms with van der Waals surface area (Å²) < 4.78 is 10.1. The van der Waals surface area contributed by atoms with Crippen LogP contribution >= 0.6 is 0 Å². The molecule has 7 heteroatoms. The number of carbonyl (C=O) groups excluding carboxylic acids is 2. The fourth-order valence-electron chi connectivity index (χ4n) is 6.27. The first-order chi connectivity index (χ1) is 18.3. The third-order valence-electron chi connectivity index (χ3n) is 8.23. The second-order valence-corrected chi connectivity index (χ2v) is 10.2. The van der Waals surface area contributed by atoms with E-state index in [1.54, 1.807) is 12.1 Å². The number of para-hydroxylation sites is 1. The summed E-state index contributed by atoms with van der Waals surface area (Å²) in [4.78, 5) is 29.4. The van der Waals surface area contributed by atoms with Crippen LogP contribution in [0.1, 0.15) is 49.7 Å². The second kappa shape index (κ2) is 11.8. The number of nitrogens with zero attached hydrogens (tertiary/aromatic N) is 2. The van der Waals surface area contributed by atoms with E-state index in [0.717, 1.165) is 54.7 Å². The number of rotatable bonds is 5. The van der Waals surface area contributed by atoms with Crippen LogP contribution < -0.4 is 4.90 Å². The van der Waals surface area contributed by atoms with Crippen LogP contribution in [0.15, 0.2) is 73.1 Å². The van der Waals surface area contributed by atoms with Gasteiger partial charge < -0.3 is 24.4 Å². The fourth-order valence-corrected chi connectivity index (χ4v) is 6.27. The molecule has 3 unspecified atom stereocenters. The zero-order valence-corrected chi connectivity index (χ0v) is 22.6. The van der Waals surface area contributed by atoms with E-state index in [2.05, 4.69) is 29.4 Å². The average Bonchev–Trinajstić information content (AvgIpc) is 2.93. The van der Waals surface area contributed by atoms with Crippen molar-refractivity contribution in [3.05, 3.63) is 84.2 Å². The minimum Gasteiger partial charge on any atom is -0.508 e. The third kappa shape index (κ3) is 5.42. The molecule has 0 amide bonds. The molecule has 0 radical (unpaired) electrons. The number of allylic oxidation sites excluding steroid dienone is 1. The lowest BCUT2D eigenvalue weighted by Gasteiger charge is -2.53. The lowest BCUT2D eigenvalue weighted by Crippen LogP contribution is -2.54. The van der Waals surface area contributed by atoms with Crippen molar-refractivity contribution in [3.8, 4) is 5.75 Å². The van der Waals surface area contributed by atoms with Gasteiger partial charge in [0.15, 0.2) is 0 Å². The summed E-state index contributed by atoms with van der Waals surface area (Å²) in [6.45, 7) is 8.28. The molecule has 2 aromatic carbocycles. The van der Waals surface area contributed by atoms with Gasteiger partial charge in [-0.05, 0) is 66.8 Å². The topological polar surface area (TPSA) is 79.3 Å². The highest BCUT2D eigenvalue weighted by Gasteiger charge is 2.51. The van der Waals surface area contributed by atoms with Gasteiger partial charge in [0.2, 0.25) is 0 Å². The molecular weight excluding hydrogens is 480 g/mol. The number of benzene rings is 2. The number of hydrogen-bond acceptors (Lipinski definition) is 7. The number of aromatic hydroxyl groups is 1. The highest BCUT2D eigenvalue weighted by atomic mass is 16.5. The van der Waals surface area contributed by atoms with Gasteiger partial charge >= 0.3 is 11.9 Å². The Morgan fingerprint density at radius 2 is 1.84 bits per heavy atom. The van der Waals surface area contributed by atoms with Crippen molar-refractivity contribution in [1.29, 1.82) is 0 Å². The lowest BCUT2D eigenvalue weighted by atomic mass is 9.60. The van der Waals surface area contributed by atoms with Gasteiger partial charge in [-0.2, -0.15) is 0 Å². The summed E-state index contributed by atoms with van der Waals surface area (Å²) in [6, 6.07) is 15.0. The third-order valence-corrected chi connectivity index (χ3v) is 8.23. The van der Waals surface area contributed by atoms with E-state index < -0.39 is 6.04 Å². The standard InChI is InChI=1S/C31H38N2O5/c1-5-31-17-8-18-32(20-16-28(35)37-3)19-15-23-9-6-7-10-26(23)33(27(21-31)30(36)38-4)22(2)29(31)24-11-13-25(34)14-12-24/h6-7,9-14,16,20,27,29,34H,2,5,8,15,17-19,21H2,1,3-4H3/b20-16+. The Morgan fingerprint density at radius 3 is 2.53 bits per heavy atom. The Morgan fingerprint density at radius 1 is 1.11 bits per heavy atom. The van der Waals surface area contributed by atoms with E-state index in [9.17, 15) is 14.7 Å². The number of hydrogen-bond donors (Lipinski definition) is 1. The predicted octanol–water partition coefficient (Wildman–Crippen LogP) is 5.16. The molecule has 0 aromatic heterocycles. The van der Waals surface area contributed by atoms with Crippen molar-refractivity contribution in [1.82, 2.24) is 4.90 Å². The van der Waals surface area contributed by atoms with Gasteiger partial charge in [-0.1, -0.05) is 43.8 Å². The first-order valence-electron chi connectivity index (χ1n) is 13.3. The van der Waals surface area contributed by atoms with Crippen LogP contribution in [0.2, 0.25) is 0 Å². The largest absolute Gasteiger partial charge is 0.508 e. The van der Waals surface area contributed by atoms with Crippen molar-refractivity contribution in [2.24, 2.45) is 5.41 Å². The van der Waals surface area contributed by atoms with E-state index in [0.29, 0.717) is 13.0 Å². The van der Waals surface area contributed by atoms with Gasteiger partial charge in [0, 0.05) is 42.7 Å². The number of anilines is 1. The average molecular weight is 519 g/mol. The Balaban J connectivity index is 1.87. The summed E-state index contributed by atoms with van der Waals surface area (Å²) in [6.07, 6.45) is 7.21. The quantitative estimate of drug-likeness (QED) is 0.433. The Bertz CT molecular complexity index is 1190. The minimum absolute atomic E-state index is 0.0550. The maximum atomic E-state index is 13.3. The number of piperidine rings is 1. The van der Waals surface area contributed by atoms with Gasteiger partial charge in [0.1, 0.15) is 11.8 Å². The Labute approximate surface area is 225 Å². The van der Waals surface area contributed by atoms with Crippen LogP contribution in [-0.2, 0) is 25.5 Å². The van der Waals surface area contributed by atoms with Crippen molar-refractivity contribution < 1.29 is 24.2 Å². The molecule has 0 spiro atoms. The van der Waals surface area contributed by atoms with E-state index in [1.807, 2.05) is 36.5 Å². The smallest absolute Gasteiger partial charge is 0.331 e. The first-order valence-corrected chi connectivity index (χ1v) is 13.3. The SMILES string of the molecule is C=C1C(c2ccc(O)cc2)C2(CC)CCCN(/C=C/C(=O)OC)CCc3ccccc3N1C(C(=O)OC)C2. The first kappa shape index (κ1) is 27.3. The van der Waals surface area contributed by atoms with Gasteiger partial charge in [0.25, 0.3) is 0 Å². The molecule has 202 valence electrons. The molecule has 5 rings (SSSR count). The van der Waals surface area contributed by atoms with Gasteiger partial charge in [0.05, 0.1) is 14.2 Å². The maximum Gasteiger partial charge on any atom is 0.331 e. The van der Waals surface area contributed by atoms with Gasteiger partial charge in [-0.3, -0.25) is 0 Å². The van der Waals surface area contributed by atoms with E-state index in [1.165, 1.54) is 20.3 Å². The zero-order valence-electron chi connectivity index (χ0n) is 22.6. The molecule has 3 atom stereocenters. The maximum absolute atomic E-state index is 13.3. The van der Waals surface area contributed by atoms with Crippen molar-refractivity contribution in [2.45, 2.75) is 51.0 Å². The number of carbonyl (C=O) groups is 2. The molecule has 2 aromatic rings. The van der Waals surface area contributed by atoms with Crippen LogP contribution in [0.3, 0.4) is 0 Å². The molecule has 1 saturated heterocycles. The van der Waals surface area contributed by atoms with Crippen LogP contribution in [-0.4, -0.2) is 55.3 Å². The second-order valence-electron chi connectivity index (χ2n) is 10.2. The predicted molar refractivity (Wildman–Crippen MR) is 148 cm³/mol. The minimum atomic E-state index is -0.489. The van der Waals surface area contributed by atoms with Gasteiger partial charge in [-0.25, -0.2) is 9.59 Å². The van der Waals surface area contributed by atoms with Gasteiger partial charge in [-0.15, -0.1) is 0 Å². The summed E-state index contributed by atoms with van der Waals surface area (Å²) >= 11 is 0. The fraction of sp³-hybridized carbons (Fsp3) is 0.419. The number of phenolic OH excluding ortho intramolecular Hbond substituents is 1. The van der Waals surface area contributed by atoms with Crippen molar-refractivity contribution >= 4 is 17.6 Å². The highest BCUT2D eigenvalue weighted by molar-refractivity contribution is 5.83. The van der Waals surface area contributed by atoms with Crippen LogP contribution in [0.5, 0.6) is 5.75 Å². The zero-order chi connectivity index (χ0) is 27.3. The number of phenols is 1. The van der Waals surface area contributed by atoms with Crippen LogP contribution in [0, 0.1) is 5.41 Å². The van der Waals surface area contributed by atoms with Crippen molar-refractivity contribution in [3.63, 3.8) is 0 Å². The molecule has 2 bridgehead atoms. The lowest BCUT2D eigenvalue weighted by molar-refractivity contribution is -0.143. The normalized spacial score (nSPS) is 23.9. The molecule has 1 fully saturated rings. The number of methoxy groups -OCH3 is 2. The molecule has 3 aliphatic heterocycles. The molecule has 1 N–H and O–H groups in total. The van der Waals surface area contributed by atoms with E-state index in [4.69, 9.17) is 9.47 Å². The Kier molecular flexibility index (Phi) is 8.45. The summed E-state index contributed by atoms with van der Waals surface area (Å²) in [7, 11) is 2.83. The van der Waals surface area contributed by atoms with Crippen molar-refractivity contribution in [2.75, 3.05) is 32.2 Å². The number of ether oxygens (including phenoxy) is 2. The molecule has 0 aliphatic carbocycles. The summed E-state index contributed by atoms with van der Waals surface area (Å²) in [5.74, 6) is -0.478. The Hall–Kier alpha value is -3.74. The number of fused-ring (bicyclic) bond motifs is 7. The monoisotopic (exact) mass is 518 g/mol. The molecule has 0 saturated carbocycles. The number of esters is 2. The highest BCUT2D eigenvalue weighted by Crippen LogP contribution is 2.56. The summed E-state index contributed by atoms with van der Waals surface area (Å²) in [5.41, 5.74) is 3.72. The molecular formula is C31H38N2O5.